The Morgan fingerprint density at radius 1 is 1.13 bits per heavy atom. The van der Waals surface area contributed by atoms with Crippen molar-refractivity contribution in [3.63, 3.8) is 0 Å². The molecule has 0 aliphatic carbocycles. The van der Waals surface area contributed by atoms with Gasteiger partial charge in [-0.1, -0.05) is 12.1 Å². The molecule has 1 heterocycles. The van der Waals surface area contributed by atoms with Crippen molar-refractivity contribution < 1.29 is 4.39 Å². The van der Waals surface area contributed by atoms with Gasteiger partial charge in [-0.2, -0.15) is 0 Å². The van der Waals surface area contributed by atoms with Gasteiger partial charge in [-0.15, -0.1) is 0 Å². The third kappa shape index (κ3) is 2.31. The first-order valence-corrected chi connectivity index (χ1v) is 4.68. The molecular weight excluding hydrogens is 191 g/mol. The van der Waals surface area contributed by atoms with E-state index >= 15 is 0 Å². The molecule has 2 N–H and O–H groups in total. The fourth-order valence-corrected chi connectivity index (χ4v) is 1.42. The zero-order valence-electron chi connectivity index (χ0n) is 8.15. The molecule has 76 valence electrons. The van der Waals surface area contributed by atoms with E-state index in [-0.39, 0.29) is 5.82 Å². The number of nitrogens with two attached hydrogens (primary N) is 1. The van der Waals surface area contributed by atoms with E-state index in [2.05, 4.69) is 4.98 Å². The third-order valence-corrected chi connectivity index (χ3v) is 2.25. The van der Waals surface area contributed by atoms with Gasteiger partial charge in [0, 0.05) is 6.20 Å². The molecule has 0 saturated carbocycles. The molecule has 0 spiro atoms. The van der Waals surface area contributed by atoms with Crippen molar-refractivity contribution in [2.75, 3.05) is 5.73 Å². The Kier molecular flexibility index (Phi) is 2.63. The van der Waals surface area contributed by atoms with Gasteiger partial charge in [0.25, 0.3) is 0 Å². The maximum atomic E-state index is 12.7. The minimum atomic E-state index is -0.221. The van der Waals surface area contributed by atoms with Crippen molar-refractivity contribution in [3.8, 4) is 0 Å². The van der Waals surface area contributed by atoms with Crippen molar-refractivity contribution in [2.45, 2.75) is 6.42 Å². The summed E-state index contributed by atoms with van der Waals surface area (Å²) in [6, 6.07) is 8.29. The number of hydrogen-bond donors (Lipinski definition) is 1. The summed E-state index contributed by atoms with van der Waals surface area (Å²) >= 11 is 0. The molecule has 0 fully saturated rings. The minimum Gasteiger partial charge on any atom is -0.397 e. The molecule has 0 saturated heterocycles. The Bertz CT molecular complexity index is 451. The van der Waals surface area contributed by atoms with Crippen LogP contribution < -0.4 is 5.73 Å². The maximum absolute atomic E-state index is 12.7. The van der Waals surface area contributed by atoms with Crippen molar-refractivity contribution in [3.05, 3.63) is 59.7 Å². The number of pyridine rings is 1. The summed E-state index contributed by atoms with van der Waals surface area (Å²) < 4.78 is 12.7. The second-order valence-corrected chi connectivity index (χ2v) is 3.38. The van der Waals surface area contributed by atoms with Crippen molar-refractivity contribution in [2.24, 2.45) is 0 Å². The van der Waals surface area contributed by atoms with E-state index in [4.69, 9.17) is 5.73 Å². The van der Waals surface area contributed by atoms with Crippen LogP contribution in [0.25, 0.3) is 0 Å². The number of halogens is 1. The van der Waals surface area contributed by atoms with Gasteiger partial charge in [-0.25, -0.2) is 4.39 Å². The van der Waals surface area contributed by atoms with Crippen LogP contribution in [0.5, 0.6) is 0 Å². The predicted octanol–water partition coefficient (Wildman–Crippen LogP) is 2.39. The second-order valence-electron chi connectivity index (χ2n) is 3.38. The summed E-state index contributed by atoms with van der Waals surface area (Å²) in [6.07, 6.45) is 4.03. The van der Waals surface area contributed by atoms with Crippen LogP contribution in [0.15, 0.2) is 42.7 Å². The Morgan fingerprint density at radius 3 is 2.53 bits per heavy atom. The smallest absolute Gasteiger partial charge is 0.123 e. The zero-order valence-corrected chi connectivity index (χ0v) is 8.15. The first kappa shape index (κ1) is 9.65. The van der Waals surface area contributed by atoms with E-state index in [1.54, 1.807) is 24.5 Å². The van der Waals surface area contributed by atoms with E-state index < -0.39 is 0 Å². The molecule has 0 atom stereocenters. The highest BCUT2D eigenvalue weighted by Crippen LogP contribution is 2.14. The topological polar surface area (TPSA) is 38.9 Å². The van der Waals surface area contributed by atoms with Gasteiger partial charge < -0.3 is 5.73 Å². The first-order chi connectivity index (χ1) is 7.25. The number of nitrogens with zero attached hydrogens (tertiary/aromatic N) is 1. The quantitative estimate of drug-likeness (QED) is 0.812. The highest BCUT2D eigenvalue weighted by Gasteiger charge is 2.00. The van der Waals surface area contributed by atoms with Crippen LogP contribution in [0.4, 0.5) is 10.1 Å². The van der Waals surface area contributed by atoms with Gasteiger partial charge in [0.1, 0.15) is 5.82 Å². The second kappa shape index (κ2) is 4.09. The van der Waals surface area contributed by atoms with Crippen LogP contribution in [-0.4, -0.2) is 4.98 Å². The van der Waals surface area contributed by atoms with Crippen LogP contribution >= 0.6 is 0 Å². The fourth-order valence-electron chi connectivity index (χ4n) is 1.42. The molecule has 2 nitrogen and oxygen atoms in total. The van der Waals surface area contributed by atoms with E-state index in [1.165, 1.54) is 12.1 Å². The number of anilines is 1. The van der Waals surface area contributed by atoms with Gasteiger partial charge in [-0.3, -0.25) is 4.98 Å². The summed E-state index contributed by atoms with van der Waals surface area (Å²) in [7, 11) is 0. The maximum Gasteiger partial charge on any atom is 0.123 e. The van der Waals surface area contributed by atoms with Gasteiger partial charge >= 0.3 is 0 Å². The van der Waals surface area contributed by atoms with Gasteiger partial charge in [0.05, 0.1) is 11.9 Å². The fraction of sp³-hybridized carbons (Fsp3) is 0.0833. The third-order valence-electron chi connectivity index (χ3n) is 2.25. The highest BCUT2D eigenvalue weighted by atomic mass is 19.1. The van der Waals surface area contributed by atoms with Gasteiger partial charge in [-0.05, 0) is 35.7 Å². The van der Waals surface area contributed by atoms with E-state index in [1.807, 2.05) is 6.07 Å². The number of nitrogen functional groups attached to an aromatic ring is 1. The molecule has 3 heteroatoms. The van der Waals surface area contributed by atoms with Crippen LogP contribution in [0.2, 0.25) is 0 Å². The number of aromatic nitrogens is 1. The van der Waals surface area contributed by atoms with Crippen LogP contribution in [0.1, 0.15) is 11.1 Å². The Balaban J connectivity index is 2.22. The monoisotopic (exact) mass is 202 g/mol. The van der Waals surface area contributed by atoms with Crippen LogP contribution in [0.3, 0.4) is 0 Å². The molecule has 15 heavy (non-hydrogen) atoms. The lowest BCUT2D eigenvalue weighted by molar-refractivity contribution is 0.627. The molecular formula is C12H11FN2. The van der Waals surface area contributed by atoms with Crippen molar-refractivity contribution in [1.29, 1.82) is 0 Å². The molecule has 0 amide bonds. The molecule has 0 aliphatic heterocycles. The largest absolute Gasteiger partial charge is 0.397 e. The molecule has 1 aromatic carbocycles. The number of benzene rings is 1. The lowest BCUT2D eigenvalue weighted by atomic mass is 10.1. The Morgan fingerprint density at radius 2 is 1.87 bits per heavy atom. The van der Waals surface area contributed by atoms with Gasteiger partial charge in [0.15, 0.2) is 0 Å². The molecule has 2 aromatic rings. The average molecular weight is 202 g/mol. The summed E-state index contributed by atoms with van der Waals surface area (Å²) in [6.45, 7) is 0. The molecule has 1 aromatic heterocycles. The predicted molar refractivity (Wildman–Crippen MR) is 57.9 cm³/mol. The summed E-state index contributed by atoms with van der Waals surface area (Å²) in [4.78, 5) is 3.92. The average Bonchev–Trinajstić information content (AvgIpc) is 2.25. The van der Waals surface area contributed by atoms with Crippen molar-refractivity contribution in [1.82, 2.24) is 4.98 Å². The van der Waals surface area contributed by atoms with Crippen LogP contribution in [0, 0.1) is 5.82 Å². The standard InChI is InChI=1S/C12H11FN2/c13-11-3-1-9(2-4-11)7-10-5-6-15-8-12(10)14/h1-6,8H,7,14H2. The molecule has 0 bridgehead atoms. The molecule has 0 radical (unpaired) electrons. The minimum absolute atomic E-state index is 0.221. The summed E-state index contributed by atoms with van der Waals surface area (Å²) in [5.41, 5.74) is 8.48. The first-order valence-electron chi connectivity index (χ1n) is 4.68. The van der Waals surface area contributed by atoms with E-state index in [9.17, 15) is 4.39 Å². The summed E-state index contributed by atoms with van der Waals surface area (Å²) in [5.74, 6) is -0.221. The lowest BCUT2D eigenvalue weighted by Crippen LogP contribution is -1.96. The Hall–Kier alpha value is -1.90. The molecule has 0 aliphatic rings. The lowest BCUT2D eigenvalue weighted by Gasteiger charge is -2.04. The van der Waals surface area contributed by atoms with E-state index in [0.29, 0.717) is 12.1 Å². The van der Waals surface area contributed by atoms with E-state index in [0.717, 1.165) is 11.1 Å². The van der Waals surface area contributed by atoms with Crippen molar-refractivity contribution >= 4 is 5.69 Å². The molecule has 2 rings (SSSR count). The Labute approximate surface area is 87.6 Å². The van der Waals surface area contributed by atoms with Gasteiger partial charge in [0.2, 0.25) is 0 Å². The zero-order chi connectivity index (χ0) is 10.7. The van der Waals surface area contributed by atoms with Crippen LogP contribution in [-0.2, 0) is 6.42 Å². The number of rotatable bonds is 2. The highest BCUT2D eigenvalue weighted by molar-refractivity contribution is 5.46. The summed E-state index contributed by atoms with van der Waals surface area (Å²) in [5, 5.41) is 0. The molecule has 0 unspecified atom stereocenters. The number of hydrogen-bond acceptors (Lipinski definition) is 2. The normalized spacial score (nSPS) is 10.2. The SMILES string of the molecule is Nc1cnccc1Cc1ccc(F)cc1.